The van der Waals surface area contributed by atoms with Crippen LogP contribution in [0.15, 0.2) is 18.2 Å². The van der Waals surface area contributed by atoms with Crippen LogP contribution >= 0.6 is 0 Å². The molecule has 21 heavy (non-hydrogen) atoms. The summed E-state index contributed by atoms with van der Waals surface area (Å²) in [4.78, 5) is 33.5. The minimum Gasteiger partial charge on any atom is -0.464 e. The molecule has 0 bridgehead atoms. The van der Waals surface area contributed by atoms with Crippen LogP contribution < -0.4 is 10.6 Å². The molecule has 1 rings (SSSR count). The molecule has 1 unspecified atom stereocenters. The molecule has 8 heteroatoms. The number of rotatable bonds is 6. The third-order valence-electron chi connectivity index (χ3n) is 2.70. The summed E-state index contributed by atoms with van der Waals surface area (Å²) >= 11 is 0. The lowest BCUT2D eigenvalue weighted by atomic mass is 10.1. The van der Waals surface area contributed by atoms with Gasteiger partial charge in [-0.2, -0.15) is 0 Å². The van der Waals surface area contributed by atoms with E-state index in [0.717, 1.165) is 6.07 Å². The molecule has 0 radical (unpaired) electrons. The summed E-state index contributed by atoms with van der Waals surface area (Å²) < 4.78 is 4.82. The van der Waals surface area contributed by atoms with Crippen LogP contribution in [0.1, 0.15) is 24.2 Å². The number of carbonyl (C=O) groups is 2. The molecule has 0 spiro atoms. The number of hydrogen-bond donors (Lipinski definition) is 2. The van der Waals surface area contributed by atoms with Gasteiger partial charge < -0.3 is 15.4 Å². The van der Waals surface area contributed by atoms with Crippen molar-refractivity contribution in [2.24, 2.45) is 0 Å². The molecule has 0 saturated heterocycles. The minimum atomic E-state index is -0.741. The molecule has 114 valence electrons. The average Bonchev–Trinajstić information content (AvgIpc) is 2.46. The van der Waals surface area contributed by atoms with Gasteiger partial charge in [-0.25, -0.2) is 4.79 Å². The number of benzene rings is 1. The number of hydrogen-bond acceptors (Lipinski definition) is 6. The first-order valence-corrected chi connectivity index (χ1v) is 6.34. The van der Waals surface area contributed by atoms with E-state index < -0.39 is 22.8 Å². The Bertz CT molecular complexity index is 559. The zero-order chi connectivity index (χ0) is 16.0. The maximum atomic E-state index is 11.5. The van der Waals surface area contributed by atoms with Crippen LogP contribution in [0.4, 0.5) is 11.4 Å². The van der Waals surface area contributed by atoms with Gasteiger partial charge in [0.1, 0.15) is 11.7 Å². The van der Waals surface area contributed by atoms with E-state index in [1.54, 1.807) is 6.92 Å². The van der Waals surface area contributed by atoms with E-state index >= 15 is 0 Å². The molecule has 0 saturated carbocycles. The first-order chi connectivity index (χ1) is 9.90. The van der Waals surface area contributed by atoms with Gasteiger partial charge in [0.2, 0.25) is 0 Å². The predicted molar refractivity (Wildman–Crippen MR) is 76.2 cm³/mol. The molecule has 0 aromatic heterocycles. The van der Waals surface area contributed by atoms with Crippen LogP contribution in [-0.2, 0) is 9.53 Å². The Hall–Kier alpha value is -2.64. The predicted octanol–water partition coefficient (Wildman–Crippen LogP) is 1.32. The Morgan fingerprint density at radius 2 is 2.10 bits per heavy atom. The summed E-state index contributed by atoms with van der Waals surface area (Å²) in [6.45, 7) is 3.43. The fraction of sp³-hybridized carbons (Fsp3) is 0.385. The van der Waals surface area contributed by atoms with Crippen LogP contribution in [0.3, 0.4) is 0 Å². The van der Waals surface area contributed by atoms with Crippen molar-refractivity contribution in [1.29, 1.82) is 0 Å². The quantitative estimate of drug-likeness (QED) is 0.465. The van der Waals surface area contributed by atoms with Crippen LogP contribution in [0, 0.1) is 10.1 Å². The van der Waals surface area contributed by atoms with Crippen molar-refractivity contribution in [2.75, 3.05) is 19.0 Å². The fourth-order valence-corrected chi connectivity index (χ4v) is 1.65. The number of carbonyl (C=O) groups excluding carboxylic acids is 2. The number of ether oxygens (including phenoxy) is 1. The topological polar surface area (TPSA) is 111 Å². The second kappa shape index (κ2) is 7.22. The van der Waals surface area contributed by atoms with E-state index in [1.807, 2.05) is 0 Å². The monoisotopic (exact) mass is 295 g/mol. The van der Waals surface area contributed by atoms with E-state index in [4.69, 9.17) is 4.74 Å². The second-order valence-corrected chi connectivity index (χ2v) is 4.19. The Kier molecular flexibility index (Phi) is 5.65. The lowest BCUT2D eigenvalue weighted by Crippen LogP contribution is -2.28. The molecule has 0 fully saturated rings. The fourth-order valence-electron chi connectivity index (χ4n) is 1.65. The normalized spacial score (nSPS) is 11.4. The number of amides is 1. The first kappa shape index (κ1) is 16.4. The Balaban J connectivity index is 3.04. The number of nitro benzene ring substituents is 1. The van der Waals surface area contributed by atoms with Crippen LogP contribution in [0.5, 0.6) is 0 Å². The van der Waals surface area contributed by atoms with Gasteiger partial charge in [0.25, 0.3) is 11.6 Å². The van der Waals surface area contributed by atoms with E-state index in [1.165, 1.54) is 26.1 Å². The van der Waals surface area contributed by atoms with Gasteiger partial charge in [0.05, 0.1) is 11.5 Å². The first-order valence-electron chi connectivity index (χ1n) is 6.34. The number of nitro groups is 1. The zero-order valence-corrected chi connectivity index (χ0v) is 12.0. The van der Waals surface area contributed by atoms with E-state index in [2.05, 4.69) is 10.6 Å². The Labute approximate surface area is 121 Å². The van der Waals surface area contributed by atoms with Gasteiger partial charge in [0, 0.05) is 18.7 Å². The van der Waals surface area contributed by atoms with E-state index in [-0.39, 0.29) is 23.5 Å². The highest BCUT2D eigenvalue weighted by molar-refractivity contribution is 5.95. The molecule has 8 nitrogen and oxygen atoms in total. The molecule has 1 atom stereocenters. The van der Waals surface area contributed by atoms with Gasteiger partial charge in [-0.3, -0.25) is 14.9 Å². The van der Waals surface area contributed by atoms with Crippen LogP contribution in [0.25, 0.3) is 0 Å². The molecule has 0 aliphatic carbocycles. The Morgan fingerprint density at radius 3 is 2.62 bits per heavy atom. The lowest BCUT2D eigenvalue weighted by molar-refractivity contribution is -0.384. The number of esters is 1. The molecule has 0 heterocycles. The largest absolute Gasteiger partial charge is 0.464 e. The van der Waals surface area contributed by atoms with Crippen molar-refractivity contribution in [3.05, 3.63) is 33.9 Å². The summed E-state index contributed by atoms with van der Waals surface area (Å²) in [6, 6.07) is 3.23. The second-order valence-electron chi connectivity index (χ2n) is 4.19. The zero-order valence-electron chi connectivity index (χ0n) is 12.0. The highest BCUT2D eigenvalue weighted by Crippen LogP contribution is 2.26. The van der Waals surface area contributed by atoms with E-state index in [9.17, 15) is 19.7 Å². The molecule has 0 aliphatic heterocycles. The number of anilines is 1. The van der Waals surface area contributed by atoms with Crippen molar-refractivity contribution in [3.63, 3.8) is 0 Å². The summed E-state index contributed by atoms with van der Waals surface area (Å²) in [6.07, 6.45) is 0. The van der Waals surface area contributed by atoms with Crippen molar-refractivity contribution in [2.45, 2.75) is 19.9 Å². The summed E-state index contributed by atoms with van der Waals surface area (Å²) in [7, 11) is 1.43. The highest BCUT2D eigenvalue weighted by Gasteiger charge is 2.21. The smallest absolute Gasteiger partial charge is 0.328 e. The van der Waals surface area contributed by atoms with Gasteiger partial charge in [0.15, 0.2) is 0 Å². The molecular weight excluding hydrogens is 278 g/mol. The van der Waals surface area contributed by atoms with Crippen molar-refractivity contribution >= 4 is 23.3 Å². The Morgan fingerprint density at radius 1 is 1.43 bits per heavy atom. The highest BCUT2D eigenvalue weighted by atomic mass is 16.6. The summed E-state index contributed by atoms with van der Waals surface area (Å²) in [5, 5.41) is 16.2. The molecule has 1 aromatic carbocycles. The van der Waals surface area contributed by atoms with Gasteiger partial charge >= 0.3 is 5.97 Å². The van der Waals surface area contributed by atoms with Crippen molar-refractivity contribution in [3.8, 4) is 0 Å². The van der Waals surface area contributed by atoms with Crippen LogP contribution in [-0.4, -0.2) is 36.5 Å². The van der Waals surface area contributed by atoms with Crippen LogP contribution in [0.2, 0.25) is 0 Å². The molecule has 1 amide bonds. The third-order valence-corrected chi connectivity index (χ3v) is 2.70. The van der Waals surface area contributed by atoms with Gasteiger partial charge in [-0.1, -0.05) is 0 Å². The average molecular weight is 295 g/mol. The maximum absolute atomic E-state index is 11.5. The summed E-state index contributed by atoms with van der Waals surface area (Å²) in [5.41, 5.74) is 0.0268. The minimum absolute atomic E-state index is 0.146. The van der Waals surface area contributed by atoms with E-state index in [0.29, 0.717) is 0 Å². The molecule has 1 aromatic rings. The molecule has 0 aliphatic rings. The van der Waals surface area contributed by atoms with Crippen molar-refractivity contribution in [1.82, 2.24) is 5.32 Å². The third kappa shape index (κ3) is 4.16. The lowest BCUT2D eigenvalue weighted by Gasteiger charge is -2.14. The van der Waals surface area contributed by atoms with Crippen molar-refractivity contribution < 1.29 is 19.2 Å². The van der Waals surface area contributed by atoms with Gasteiger partial charge in [-0.05, 0) is 26.0 Å². The standard InChI is InChI=1S/C13H17N3O5/c1-4-21-13(18)8(2)15-10-6-5-9(12(17)14-3)7-11(10)16(19)20/h5-8,15H,4H2,1-3H3,(H,14,17). The SMILES string of the molecule is CCOC(=O)C(C)Nc1ccc(C(=O)NC)cc1[N+](=O)[O-]. The summed E-state index contributed by atoms with van der Waals surface area (Å²) in [5.74, 6) is -0.940. The number of nitrogens with one attached hydrogen (secondary N) is 2. The van der Waals surface area contributed by atoms with Gasteiger partial charge in [-0.15, -0.1) is 0 Å². The molecule has 2 N–H and O–H groups in total. The maximum Gasteiger partial charge on any atom is 0.328 e. The molecular formula is C13H17N3O5. The number of nitrogens with zero attached hydrogens (tertiary/aromatic N) is 1.